The largest absolute Gasteiger partial charge is 0.330 e. The molecule has 59 valence electrons. The molecule has 1 aromatic rings. The van der Waals surface area contributed by atoms with Crippen LogP contribution in [0.3, 0.4) is 0 Å². The number of hydrogen-bond donors (Lipinski definition) is 1. The summed E-state index contributed by atoms with van der Waals surface area (Å²) in [5.41, 5.74) is 0. The Bertz CT molecular complexity index is 200. The highest BCUT2D eigenvalue weighted by Crippen LogP contribution is 2.20. The van der Waals surface area contributed by atoms with E-state index < -0.39 is 0 Å². The first-order valence-electron chi connectivity index (χ1n) is 3.99. The van der Waals surface area contributed by atoms with E-state index in [1.54, 1.807) is 6.33 Å². The zero-order valence-corrected chi connectivity index (χ0v) is 6.32. The molecule has 0 spiro atoms. The molecule has 1 fully saturated rings. The van der Waals surface area contributed by atoms with E-state index in [9.17, 15) is 0 Å². The van der Waals surface area contributed by atoms with Gasteiger partial charge >= 0.3 is 0 Å². The summed E-state index contributed by atoms with van der Waals surface area (Å²) in [6, 6.07) is 0.284. The van der Waals surface area contributed by atoms with Crippen molar-refractivity contribution in [3.05, 3.63) is 12.2 Å². The molecule has 4 nitrogen and oxygen atoms in total. The summed E-state index contributed by atoms with van der Waals surface area (Å²) in [5.74, 6) is 0.921. The van der Waals surface area contributed by atoms with Gasteiger partial charge in [0.2, 0.25) is 0 Å². The van der Waals surface area contributed by atoms with Crippen molar-refractivity contribution < 1.29 is 0 Å². The molecule has 0 aromatic carbocycles. The quantitative estimate of drug-likeness (QED) is 0.640. The van der Waals surface area contributed by atoms with Gasteiger partial charge in [0, 0.05) is 6.54 Å². The Morgan fingerprint density at radius 1 is 1.45 bits per heavy atom. The molecule has 2 rings (SSSR count). The first kappa shape index (κ1) is 6.79. The van der Waals surface area contributed by atoms with Crippen molar-refractivity contribution in [2.75, 3.05) is 6.54 Å². The SMILES string of the molecule is c1nnc(C2CCCC[N]2)[nH]1. The van der Waals surface area contributed by atoms with Gasteiger partial charge in [0.25, 0.3) is 0 Å². The molecule has 1 unspecified atom stereocenters. The molecule has 1 atom stereocenters. The van der Waals surface area contributed by atoms with Crippen molar-refractivity contribution in [3.63, 3.8) is 0 Å². The van der Waals surface area contributed by atoms with E-state index in [-0.39, 0.29) is 6.04 Å². The summed E-state index contributed by atoms with van der Waals surface area (Å²) in [7, 11) is 0. The van der Waals surface area contributed by atoms with Crippen LogP contribution in [0.25, 0.3) is 0 Å². The summed E-state index contributed by atoms with van der Waals surface area (Å²) in [6.07, 6.45) is 5.22. The maximum absolute atomic E-state index is 4.44. The van der Waals surface area contributed by atoms with Gasteiger partial charge in [0.15, 0.2) is 0 Å². The molecule has 1 saturated heterocycles. The predicted octanol–water partition coefficient (Wildman–Crippen LogP) is 0.634. The lowest BCUT2D eigenvalue weighted by Gasteiger charge is -2.18. The van der Waals surface area contributed by atoms with Gasteiger partial charge in [-0.15, -0.1) is 10.2 Å². The average molecular weight is 151 g/mol. The van der Waals surface area contributed by atoms with Crippen LogP contribution in [0.4, 0.5) is 0 Å². The van der Waals surface area contributed by atoms with Gasteiger partial charge in [-0.1, -0.05) is 6.42 Å². The van der Waals surface area contributed by atoms with E-state index >= 15 is 0 Å². The Morgan fingerprint density at radius 2 is 2.45 bits per heavy atom. The summed E-state index contributed by atoms with van der Waals surface area (Å²) in [6.45, 7) is 0.978. The fourth-order valence-electron chi connectivity index (χ4n) is 1.39. The highest BCUT2D eigenvalue weighted by Gasteiger charge is 2.17. The number of nitrogens with one attached hydrogen (secondary N) is 1. The van der Waals surface area contributed by atoms with Gasteiger partial charge in [-0.25, -0.2) is 5.32 Å². The highest BCUT2D eigenvalue weighted by atomic mass is 15.2. The van der Waals surface area contributed by atoms with E-state index in [1.165, 1.54) is 12.8 Å². The minimum Gasteiger partial charge on any atom is -0.330 e. The molecule has 1 N–H and O–H groups in total. The molecule has 4 heteroatoms. The molecular weight excluding hydrogens is 140 g/mol. The molecular formula is C7H11N4. The minimum absolute atomic E-state index is 0.284. The van der Waals surface area contributed by atoms with Crippen molar-refractivity contribution in [1.82, 2.24) is 20.5 Å². The van der Waals surface area contributed by atoms with E-state index in [1.807, 2.05) is 0 Å². The third-order valence-electron chi connectivity index (χ3n) is 1.99. The molecule has 11 heavy (non-hydrogen) atoms. The Morgan fingerprint density at radius 3 is 3.09 bits per heavy atom. The van der Waals surface area contributed by atoms with Crippen molar-refractivity contribution in [1.29, 1.82) is 0 Å². The molecule has 1 radical (unpaired) electrons. The van der Waals surface area contributed by atoms with E-state index in [0.717, 1.165) is 18.8 Å². The molecule has 2 heterocycles. The number of nitrogens with zero attached hydrogens (tertiary/aromatic N) is 3. The van der Waals surface area contributed by atoms with E-state index in [4.69, 9.17) is 0 Å². The number of aromatic nitrogens is 3. The standard InChI is InChI=1S/C7H11N4/c1-2-4-8-6(3-1)7-9-5-10-11-7/h5-6H,1-4H2,(H,9,10,11). The van der Waals surface area contributed by atoms with Crippen LogP contribution in [0.5, 0.6) is 0 Å². The lowest BCUT2D eigenvalue weighted by Crippen LogP contribution is -2.21. The second kappa shape index (κ2) is 3.00. The molecule has 1 aromatic heterocycles. The van der Waals surface area contributed by atoms with Gasteiger partial charge in [-0.2, -0.15) is 0 Å². The zero-order chi connectivity index (χ0) is 7.52. The molecule has 0 aliphatic carbocycles. The molecule has 0 amide bonds. The molecule has 1 aliphatic rings. The van der Waals surface area contributed by atoms with Gasteiger partial charge in [0.1, 0.15) is 12.2 Å². The monoisotopic (exact) mass is 151 g/mol. The van der Waals surface area contributed by atoms with Crippen molar-refractivity contribution in [2.45, 2.75) is 25.3 Å². The smallest absolute Gasteiger partial charge is 0.149 e. The number of aromatic amines is 1. The first-order chi connectivity index (χ1) is 5.47. The highest BCUT2D eigenvalue weighted by molar-refractivity contribution is 4.92. The minimum atomic E-state index is 0.284. The second-order valence-corrected chi connectivity index (χ2v) is 2.79. The van der Waals surface area contributed by atoms with Gasteiger partial charge < -0.3 is 4.98 Å². The Hall–Kier alpha value is -0.900. The number of rotatable bonds is 1. The zero-order valence-electron chi connectivity index (χ0n) is 6.32. The van der Waals surface area contributed by atoms with Crippen LogP contribution in [0.15, 0.2) is 6.33 Å². The van der Waals surface area contributed by atoms with Crippen LogP contribution in [0.1, 0.15) is 31.1 Å². The van der Waals surface area contributed by atoms with Crippen molar-refractivity contribution in [3.8, 4) is 0 Å². The maximum Gasteiger partial charge on any atom is 0.149 e. The van der Waals surface area contributed by atoms with Crippen LogP contribution >= 0.6 is 0 Å². The van der Waals surface area contributed by atoms with Crippen molar-refractivity contribution >= 4 is 0 Å². The summed E-state index contributed by atoms with van der Waals surface area (Å²) in [4.78, 5) is 2.99. The predicted molar refractivity (Wildman–Crippen MR) is 40.0 cm³/mol. The Labute approximate surface area is 65.4 Å². The summed E-state index contributed by atoms with van der Waals surface area (Å²) < 4.78 is 0. The Kier molecular flexibility index (Phi) is 1.85. The lowest BCUT2D eigenvalue weighted by atomic mass is 10.1. The number of piperidine rings is 1. The van der Waals surface area contributed by atoms with Crippen LogP contribution in [-0.2, 0) is 0 Å². The summed E-state index contributed by atoms with van der Waals surface area (Å²) >= 11 is 0. The number of hydrogen-bond acceptors (Lipinski definition) is 2. The Balaban J connectivity index is 2.04. The maximum atomic E-state index is 4.44. The van der Waals surface area contributed by atoms with Crippen LogP contribution in [-0.4, -0.2) is 21.7 Å². The topological polar surface area (TPSA) is 55.7 Å². The van der Waals surface area contributed by atoms with Crippen molar-refractivity contribution in [2.24, 2.45) is 0 Å². The fourth-order valence-corrected chi connectivity index (χ4v) is 1.39. The molecule has 0 saturated carbocycles. The van der Waals surface area contributed by atoms with Gasteiger partial charge in [-0.3, -0.25) is 0 Å². The normalized spacial score (nSPS) is 25.3. The number of H-pyrrole nitrogens is 1. The average Bonchev–Trinajstić information content (AvgIpc) is 2.58. The van der Waals surface area contributed by atoms with Crippen LogP contribution in [0, 0.1) is 0 Å². The van der Waals surface area contributed by atoms with E-state index in [2.05, 4.69) is 20.5 Å². The lowest BCUT2D eigenvalue weighted by molar-refractivity contribution is 0.390. The van der Waals surface area contributed by atoms with Crippen LogP contribution < -0.4 is 5.32 Å². The third kappa shape index (κ3) is 1.40. The van der Waals surface area contributed by atoms with Crippen LogP contribution in [0.2, 0.25) is 0 Å². The van der Waals surface area contributed by atoms with E-state index in [0.29, 0.717) is 0 Å². The first-order valence-corrected chi connectivity index (χ1v) is 3.99. The molecule has 1 aliphatic heterocycles. The third-order valence-corrected chi connectivity index (χ3v) is 1.99. The second-order valence-electron chi connectivity index (χ2n) is 2.79. The molecule has 0 bridgehead atoms. The van der Waals surface area contributed by atoms with Gasteiger partial charge in [0.05, 0.1) is 6.04 Å². The summed E-state index contributed by atoms with van der Waals surface area (Å²) in [5, 5.41) is 12.1. The fraction of sp³-hybridized carbons (Fsp3) is 0.714. The van der Waals surface area contributed by atoms with Gasteiger partial charge in [-0.05, 0) is 12.8 Å².